The molecule has 0 saturated carbocycles. The SMILES string of the molecule is COc1ccc(CC(C)C)cc1B(O)O. The standard InChI is InChI=1S/C11H17BO3/c1-8(2)6-9-4-5-11(15-3)10(7-9)12(13)14/h4-5,7-8,13-14H,6H2,1-3H3. The molecule has 0 unspecified atom stereocenters. The van der Waals surface area contributed by atoms with E-state index in [1.165, 1.54) is 7.11 Å². The molecule has 82 valence electrons. The summed E-state index contributed by atoms with van der Waals surface area (Å²) < 4.78 is 5.05. The predicted octanol–water partition coefficient (Wildman–Crippen LogP) is 0.573. The Kier molecular flexibility index (Phi) is 4.18. The van der Waals surface area contributed by atoms with E-state index in [0.717, 1.165) is 12.0 Å². The first-order valence-corrected chi connectivity index (χ1v) is 5.07. The van der Waals surface area contributed by atoms with Crippen LogP contribution >= 0.6 is 0 Å². The van der Waals surface area contributed by atoms with Crippen molar-refractivity contribution in [2.24, 2.45) is 5.92 Å². The van der Waals surface area contributed by atoms with E-state index in [0.29, 0.717) is 17.1 Å². The molecule has 0 fully saturated rings. The zero-order valence-corrected chi connectivity index (χ0v) is 9.40. The zero-order chi connectivity index (χ0) is 11.4. The van der Waals surface area contributed by atoms with Gasteiger partial charge in [-0.2, -0.15) is 0 Å². The first-order valence-electron chi connectivity index (χ1n) is 5.07. The van der Waals surface area contributed by atoms with Gasteiger partial charge in [0, 0.05) is 5.46 Å². The Balaban J connectivity index is 2.99. The zero-order valence-electron chi connectivity index (χ0n) is 9.40. The minimum atomic E-state index is -1.48. The fraction of sp³-hybridized carbons (Fsp3) is 0.455. The smallest absolute Gasteiger partial charge is 0.492 e. The Hall–Kier alpha value is -0.995. The number of hydrogen-bond acceptors (Lipinski definition) is 3. The van der Waals surface area contributed by atoms with E-state index in [-0.39, 0.29) is 0 Å². The normalized spacial score (nSPS) is 10.5. The van der Waals surface area contributed by atoms with Crippen molar-refractivity contribution in [3.63, 3.8) is 0 Å². The van der Waals surface area contributed by atoms with Crippen LogP contribution in [0.3, 0.4) is 0 Å². The Morgan fingerprint density at radius 1 is 1.33 bits per heavy atom. The molecule has 1 rings (SSSR count). The van der Waals surface area contributed by atoms with E-state index < -0.39 is 7.12 Å². The number of benzene rings is 1. The second kappa shape index (κ2) is 5.19. The highest BCUT2D eigenvalue weighted by molar-refractivity contribution is 6.59. The van der Waals surface area contributed by atoms with Crippen molar-refractivity contribution in [1.29, 1.82) is 0 Å². The lowest BCUT2D eigenvalue weighted by Crippen LogP contribution is -2.31. The largest absolute Gasteiger partial charge is 0.497 e. The average molecular weight is 208 g/mol. The van der Waals surface area contributed by atoms with Gasteiger partial charge in [0.05, 0.1) is 7.11 Å². The van der Waals surface area contributed by atoms with Crippen LogP contribution in [0.15, 0.2) is 18.2 Å². The van der Waals surface area contributed by atoms with Crippen molar-refractivity contribution in [2.75, 3.05) is 7.11 Å². The average Bonchev–Trinajstić information content (AvgIpc) is 2.16. The van der Waals surface area contributed by atoms with Crippen LogP contribution in [0, 0.1) is 5.92 Å². The fourth-order valence-corrected chi connectivity index (χ4v) is 1.58. The van der Waals surface area contributed by atoms with Crippen LogP contribution in [-0.2, 0) is 6.42 Å². The molecule has 3 nitrogen and oxygen atoms in total. The molecule has 1 aromatic carbocycles. The van der Waals surface area contributed by atoms with Crippen molar-refractivity contribution >= 4 is 12.6 Å². The molecule has 0 heterocycles. The summed E-state index contributed by atoms with van der Waals surface area (Å²) in [4.78, 5) is 0. The minimum absolute atomic E-state index is 0.427. The van der Waals surface area contributed by atoms with E-state index in [2.05, 4.69) is 13.8 Å². The molecule has 2 N–H and O–H groups in total. The van der Waals surface area contributed by atoms with E-state index in [4.69, 9.17) is 14.8 Å². The topological polar surface area (TPSA) is 49.7 Å². The number of methoxy groups -OCH3 is 1. The molecule has 0 atom stereocenters. The highest BCUT2D eigenvalue weighted by Crippen LogP contribution is 2.13. The van der Waals surface area contributed by atoms with E-state index in [9.17, 15) is 0 Å². The maximum atomic E-state index is 9.17. The van der Waals surface area contributed by atoms with Crippen molar-refractivity contribution in [2.45, 2.75) is 20.3 Å². The highest BCUT2D eigenvalue weighted by atomic mass is 16.5. The summed E-state index contributed by atoms with van der Waals surface area (Å²) in [6.07, 6.45) is 0.920. The van der Waals surface area contributed by atoms with Crippen LogP contribution in [0.5, 0.6) is 5.75 Å². The van der Waals surface area contributed by atoms with Gasteiger partial charge in [-0.25, -0.2) is 0 Å². The Labute approximate surface area is 90.9 Å². The fourth-order valence-electron chi connectivity index (χ4n) is 1.58. The van der Waals surface area contributed by atoms with Gasteiger partial charge in [-0.3, -0.25) is 0 Å². The molecule has 15 heavy (non-hydrogen) atoms. The van der Waals surface area contributed by atoms with E-state index >= 15 is 0 Å². The molecular formula is C11H17BO3. The molecule has 0 aromatic heterocycles. The van der Waals surface area contributed by atoms with Gasteiger partial charge in [0.1, 0.15) is 5.75 Å². The summed E-state index contributed by atoms with van der Waals surface area (Å²) in [5.41, 5.74) is 1.52. The second-order valence-electron chi connectivity index (χ2n) is 4.05. The van der Waals surface area contributed by atoms with Crippen LogP contribution < -0.4 is 10.2 Å². The number of rotatable bonds is 4. The lowest BCUT2D eigenvalue weighted by atomic mass is 9.78. The quantitative estimate of drug-likeness (QED) is 0.711. The minimum Gasteiger partial charge on any atom is -0.497 e. The molecular weight excluding hydrogens is 191 g/mol. The first kappa shape index (κ1) is 12.1. The van der Waals surface area contributed by atoms with Gasteiger partial charge in [0.25, 0.3) is 0 Å². The molecule has 0 saturated heterocycles. The maximum absolute atomic E-state index is 9.17. The molecule has 0 amide bonds. The summed E-state index contributed by atoms with van der Waals surface area (Å²) in [7, 11) is 0.0376. The van der Waals surface area contributed by atoms with Crippen molar-refractivity contribution < 1.29 is 14.8 Å². The second-order valence-corrected chi connectivity index (χ2v) is 4.05. The molecule has 0 spiro atoms. The first-order chi connectivity index (χ1) is 7.04. The molecule has 0 aliphatic rings. The summed E-state index contributed by atoms with van der Waals surface area (Å²) in [5.74, 6) is 1.06. The molecule has 0 aliphatic carbocycles. The van der Waals surface area contributed by atoms with Crippen molar-refractivity contribution in [3.8, 4) is 5.75 Å². The molecule has 0 bridgehead atoms. The van der Waals surface area contributed by atoms with Crippen molar-refractivity contribution in [3.05, 3.63) is 23.8 Å². The number of ether oxygens (including phenoxy) is 1. The summed E-state index contributed by atoms with van der Waals surface area (Å²) in [6.45, 7) is 4.25. The lowest BCUT2D eigenvalue weighted by Gasteiger charge is -2.11. The van der Waals surface area contributed by atoms with Crippen LogP contribution in [0.1, 0.15) is 19.4 Å². The van der Waals surface area contributed by atoms with Crippen LogP contribution in [0.2, 0.25) is 0 Å². The van der Waals surface area contributed by atoms with Crippen molar-refractivity contribution in [1.82, 2.24) is 0 Å². The van der Waals surface area contributed by atoms with Crippen LogP contribution in [0.4, 0.5) is 0 Å². The molecule has 0 aliphatic heterocycles. The highest BCUT2D eigenvalue weighted by Gasteiger charge is 2.17. The third-order valence-electron chi connectivity index (χ3n) is 2.22. The van der Waals surface area contributed by atoms with Gasteiger partial charge in [-0.1, -0.05) is 26.0 Å². The van der Waals surface area contributed by atoms with Gasteiger partial charge >= 0.3 is 7.12 Å². The molecule has 0 radical (unpaired) electrons. The molecule has 4 heteroatoms. The monoisotopic (exact) mass is 208 g/mol. The van der Waals surface area contributed by atoms with Gasteiger partial charge in [-0.15, -0.1) is 0 Å². The van der Waals surface area contributed by atoms with Gasteiger partial charge < -0.3 is 14.8 Å². The number of hydrogen-bond donors (Lipinski definition) is 2. The van der Waals surface area contributed by atoms with E-state index in [1.54, 1.807) is 12.1 Å². The van der Waals surface area contributed by atoms with E-state index in [1.807, 2.05) is 6.07 Å². The predicted molar refractivity (Wildman–Crippen MR) is 61.4 cm³/mol. The third-order valence-corrected chi connectivity index (χ3v) is 2.22. The maximum Gasteiger partial charge on any atom is 0.492 e. The summed E-state index contributed by atoms with van der Waals surface area (Å²) in [6, 6.07) is 5.50. The van der Waals surface area contributed by atoms with Crippen LogP contribution in [-0.4, -0.2) is 24.3 Å². The Bertz CT molecular complexity index is 324. The Morgan fingerprint density at radius 3 is 2.47 bits per heavy atom. The molecule has 1 aromatic rings. The van der Waals surface area contributed by atoms with Gasteiger partial charge in [-0.05, 0) is 24.0 Å². The summed E-state index contributed by atoms with van der Waals surface area (Å²) >= 11 is 0. The lowest BCUT2D eigenvalue weighted by molar-refractivity contribution is 0.403. The Morgan fingerprint density at radius 2 is 2.00 bits per heavy atom. The van der Waals surface area contributed by atoms with Gasteiger partial charge in [0.15, 0.2) is 0 Å². The van der Waals surface area contributed by atoms with Crippen LogP contribution in [0.25, 0.3) is 0 Å². The third kappa shape index (κ3) is 3.25. The summed E-state index contributed by atoms with van der Waals surface area (Å²) in [5, 5.41) is 18.3. The van der Waals surface area contributed by atoms with Gasteiger partial charge in [0.2, 0.25) is 0 Å².